The largest absolute Gasteiger partial charge is 0.501 e. The average Bonchev–Trinajstić information content (AvgIpc) is 3.60. The predicted octanol–water partition coefficient (Wildman–Crippen LogP) is 4.04. The highest BCUT2D eigenvalue weighted by atomic mass is 32.2. The van der Waals surface area contributed by atoms with Crippen LogP contribution in [-0.4, -0.2) is 48.4 Å². The summed E-state index contributed by atoms with van der Waals surface area (Å²) in [5, 5.41) is 0.753. The second-order valence-electron chi connectivity index (χ2n) is 8.31. The van der Waals surface area contributed by atoms with Gasteiger partial charge >= 0.3 is 11.5 Å². The Kier molecular flexibility index (Phi) is 5.06. The molecule has 1 aliphatic carbocycles. The molecule has 8 nitrogen and oxygen atoms in total. The maximum atomic E-state index is 13.4. The van der Waals surface area contributed by atoms with Gasteiger partial charge in [0.25, 0.3) is 15.7 Å². The Hall–Kier alpha value is -3.67. The first kappa shape index (κ1) is 23.1. The zero-order valence-electron chi connectivity index (χ0n) is 18.2. The zero-order valence-corrected chi connectivity index (χ0v) is 19.1. The molecule has 1 spiro atoms. The monoisotopic (exact) mass is 505 g/mol. The minimum absolute atomic E-state index is 0.0125. The number of alkyl halides is 3. The van der Waals surface area contributed by atoms with Gasteiger partial charge in [-0.1, -0.05) is 18.2 Å². The van der Waals surface area contributed by atoms with E-state index in [0.717, 1.165) is 34.6 Å². The topological polar surface area (TPSA) is 96.9 Å². The van der Waals surface area contributed by atoms with Gasteiger partial charge in [-0.05, 0) is 43.2 Å². The van der Waals surface area contributed by atoms with Crippen LogP contribution in [0.4, 0.5) is 23.7 Å². The molecule has 0 radical (unpaired) electrons. The lowest BCUT2D eigenvalue weighted by atomic mass is 10.1. The number of benzene rings is 2. The minimum Gasteiger partial charge on any atom is -0.495 e. The number of urea groups is 1. The lowest BCUT2D eigenvalue weighted by molar-refractivity contribution is -0.120. The Morgan fingerprint density at radius 2 is 1.71 bits per heavy atom. The number of para-hydroxylation sites is 1. The van der Waals surface area contributed by atoms with E-state index in [1.807, 2.05) is 24.3 Å². The molecule has 1 aliphatic heterocycles. The fraction of sp³-hybridized carbons (Fsp3) is 0.261. The van der Waals surface area contributed by atoms with E-state index in [-0.39, 0.29) is 12.2 Å². The lowest BCUT2D eigenvalue weighted by Gasteiger charge is -2.23. The van der Waals surface area contributed by atoms with E-state index < -0.39 is 37.7 Å². The van der Waals surface area contributed by atoms with Gasteiger partial charge in [-0.25, -0.2) is 18.1 Å². The highest BCUT2D eigenvalue weighted by molar-refractivity contribution is 7.92. The fourth-order valence-corrected chi connectivity index (χ4v) is 5.11. The van der Waals surface area contributed by atoms with Gasteiger partial charge in [0.1, 0.15) is 11.3 Å². The molecular weight excluding hydrogens is 487 g/mol. The molecule has 5 rings (SSSR count). The minimum atomic E-state index is -5.55. The van der Waals surface area contributed by atoms with Crippen molar-refractivity contribution >= 4 is 38.4 Å². The van der Waals surface area contributed by atoms with Gasteiger partial charge in [0.05, 0.1) is 36.0 Å². The van der Waals surface area contributed by atoms with Crippen LogP contribution in [0.1, 0.15) is 18.4 Å². The molecular formula is C23H18F3N3O5S. The molecule has 182 valence electrons. The number of halogens is 3. The molecule has 3 amide bonds. The summed E-state index contributed by atoms with van der Waals surface area (Å²) >= 11 is 0. The quantitative estimate of drug-likeness (QED) is 0.486. The summed E-state index contributed by atoms with van der Waals surface area (Å²) in [6.07, 6.45) is 2.40. The number of imide groups is 1. The number of fused-ring (bicyclic) bond motifs is 1. The van der Waals surface area contributed by atoms with Gasteiger partial charge in [-0.2, -0.15) is 13.2 Å². The smallest absolute Gasteiger partial charge is 0.495 e. The number of hydrogen-bond donors (Lipinski definition) is 0. The number of pyridine rings is 1. The van der Waals surface area contributed by atoms with E-state index in [2.05, 4.69) is 4.98 Å². The van der Waals surface area contributed by atoms with Crippen LogP contribution in [0.2, 0.25) is 0 Å². The van der Waals surface area contributed by atoms with E-state index in [1.165, 1.54) is 18.2 Å². The van der Waals surface area contributed by atoms with Crippen LogP contribution in [-0.2, 0) is 21.2 Å². The van der Waals surface area contributed by atoms with Crippen molar-refractivity contribution in [2.45, 2.75) is 35.3 Å². The van der Waals surface area contributed by atoms with Crippen LogP contribution in [0, 0.1) is 0 Å². The lowest BCUT2D eigenvalue weighted by Crippen LogP contribution is -2.36. The second kappa shape index (κ2) is 7.67. The molecule has 2 heterocycles. The van der Waals surface area contributed by atoms with Crippen molar-refractivity contribution in [1.29, 1.82) is 0 Å². The van der Waals surface area contributed by atoms with Gasteiger partial charge in [0.2, 0.25) is 0 Å². The maximum Gasteiger partial charge on any atom is 0.501 e. The fourth-order valence-electron chi connectivity index (χ4n) is 4.35. The first-order valence-corrected chi connectivity index (χ1v) is 12.0. The van der Waals surface area contributed by atoms with Crippen LogP contribution in [0.25, 0.3) is 10.9 Å². The first-order chi connectivity index (χ1) is 16.5. The molecule has 0 unspecified atom stereocenters. The molecule has 2 fully saturated rings. The van der Waals surface area contributed by atoms with E-state index >= 15 is 0 Å². The summed E-state index contributed by atoms with van der Waals surface area (Å²) in [6.45, 7) is 0.0494. The Labute approximate surface area is 197 Å². The summed E-state index contributed by atoms with van der Waals surface area (Å²) in [7, 11) is -4.08. The number of carbonyl (C=O) groups excluding carboxylic acids is 2. The third-order valence-electron chi connectivity index (χ3n) is 6.36. The van der Waals surface area contributed by atoms with E-state index in [0.29, 0.717) is 29.7 Å². The Bertz CT molecular complexity index is 1470. The SMILES string of the molecule is COc1cnc2ccccc2c1CN1C(=O)N(c2ccc(S(=O)(=O)C(F)(F)F)cc2)C(=O)C12CC2. The van der Waals surface area contributed by atoms with Crippen molar-refractivity contribution in [3.05, 3.63) is 60.3 Å². The van der Waals surface area contributed by atoms with Crippen molar-refractivity contribution in [3.8, 4) is 5.75 Å². The number of nitrogens with zero attached hydrogens (tertiary/aromatic N) is 3. The average molecular weight is 505 g/mol. The molecule has 0 bridgehead atoms. The van der Waals surface area contributed by atoms with E-state index in [9.17, 15) is 31.2 Å². The van der Waals surface area contributed by atoms with Gasteiger partial charge in [-0.15, -0.1) is 0 Å². The first-order valence-electron chi connectivity index (χ1n) is 10.5. The molecule has 1 saturated carbocycles. The van der Waals surface area contributed by atoms with Crippen LogP contribution >= 0.6 is 0 Å². The standard InChI is InChI=1S/C23H18F3N3O5S/c1-34-19-12-27-18-5-3-2-4-16(18)17(19)13-28-21(31)29(20(30)22(28)10-11-22)14-6-8-15(9-7-14)35(32,33)23(24,25)26/h2-9,12H,10-11,13H2,1H3. The number of ether oxygens (including phenoxy) is 1. The molecule has 35 heavy (non-hydrogen) atoms. The highest BCUT2D eigenvalue weighted by Crippen LogP contribution is 2.50. The third kappa shape index (κ3) is 3.42. The van der Waals surface area contributed by atoms with Crippen molar-refractivity contribution in [1.82, 2.24) is 9.88 Å². The molecule has 1 aromatic heterocycles. The van der Waals surface area contributed by atoms with Crippen molar-refractivity contribution in [2.75, 3.05) is 12.0 Å². The Morgan fingerprint density at radius 1 is 1.06 bits per heavy atom. The molecule has 0 atom stereocenters. The molecule has 0 N–H and O–H groups in total. The highest BCUT2D eigenvalue weighted by Gasteiger charge is 2.65. The van der Waals surface area contributed by atoms with Gasteiger partial charge in [0.15, 0.2) is 0 Å². The summed E-state index contributed by atoms with van der Waals surface area (Å²) < 4.78 is 67.3. The Balaban J connectivity index is 1.51. The van der Waals surface area contributed by atoms with Crippen LogP contribution in [0.15, 0.2) is 59.6 Å². The number of sulfone groups is 1. The number of amides is 3. The normalized spacial score (nSPS) is 17.5. The molecule has 1 saturated heterocycles. The predicted molar refractivity (Wildman–Crippen MR) is 118 cm³/mol. The van der Waals surface area contributed by atoms with E-state index in [1.54, 1.807) is 0 Å². The number of hydrogen-bond acceptors (Lipinski definition) is 6. The van der Waals surface area contributed by atoms with Crippen LogP contribution in [0.5, 0.6) is 5.75 Å². The molecule has 3 aromatic rings. The summed E-state index contributed by atoms with van der Waals surface area (Å²) in [6, 6.07) is 10.2. The van der Waals surface area contributed by atoms with Crippen LogP contribution in [0.3, 0.4) is 0 Å². The zero-order chi connectivity index (χ0) is 25.2. The number of anilines is 1. The number of carbonyl (C=O) groups is 2. The van der Waals surface area contributed by atoms with Gasteiger partial charge in [0, 0.05) is 10.9 Å². The van der Waals surface area contributed by atoms with E-state index in [4.69, 9.17) is 4.74 Å². The van der Waals surface area contributed by atoms with Crippen molar-refractivity contribution in [2.24, 2.45) is 0 Å². The Morgan fingerprint density at radius 3 is 2.31 bits per heavy atom. The third-order valence-corrected chi connectivity index (χ3v) is 7.86. The number of aromatic nitrogens is 1. The second-order valence-corrected chi connectivity index (χ2v) is 10.2. The summed E-state index contributed by atoms with van der Waals surface area (Å²) in [5.74, 6) is -0.0637. The maximum absolute atomic E-state index is 13.4. The van der Waals surface area contributed by atoms with Gasteiger partial charge < -0.3 is 9.64 Å². The number of rotatable bonds is 5. The van der Waals surface area contributed by atoms with Crippen molar-refractivity contribution < 1.29 is 35.9 Å². The van der Waals surface area contributed by atoms with Crippen molar-refractivity contribution in [3.63, 3.8) is 0 Å². The van der Waals surface area contributed by atoms with Crippen LogP contribution < -0.4 is 9.64 Å². The summed E-state index contributed by atoms with van der Waals surface area (Å²) in [5.41, 5.74) is -5.19. The molecule has 2 aromatic carbocycles. The van der Waals surface area contributed by atoms with Gasteiger partial charge in [-0.3, -0.25) is 9.78 Å². The molecule has 12 heteroatoms. The molecule has 2 aliphatic rings. The summed E-state index contributed by atoms with van der Waals surface area (Å²) in [4.78, 5) is 32.4. The number of methoxy groups -OCH3 is 1.